The van der Waals surface area contributed by atoms with Gasteiger partial charge in [0.05, 0.1) is 18.1 Å². The Balaban J connectivity index is 1.58. The molecule has 3 aromatic rings. The first-order valence-electron chi connectivity index (χ1n) is 7.43. The van der Waals surface area contributed by atoms with E-state index in [9.17, 15) is 4.79 Å². The van der Waals surface area contributed by atoms with E-state index in [4.69, 9.17) is 4.74 Å². The molecular formula is C18H16N4O2. The number of nitrogens with one attached hydrogen (secondary N) is 1. The van der Waals surface area contributed by atoms with Crippen molar-refractivity contribution in [2.24, 2.45) is 0 Å². The molecule has 120 valence electrons. The Morgan fingerprint density at radius 1 is 1.08 bits per heavy atom. The summed E-state index contributed by atoms with van der Waals surface area (Å²) >= 11 is 0. The van der Waals surface area contributed by atoms with Crippen LogP contribution in [0.25, 0.3) is 11.4 Å². The lowest BCUT2D eigenvalue weighted by Crippen LogP contribution is -2.20. The molecule has 0 aliphatic carbocycles. The van der Waals surface area contributed by atoms with Crippen molar-refractivity contribution < 1.29 is 9.53 Å². The summed E-state index contributed by atoms with van der Waals surface area (Å²) in [4.78, 5) is 24.4. The molecule has 0 spiro atoms. The van der Waals surface area contributed by atoms with Crippen molar-refractivity contribution in [3.63, 3.8) is 0 Å². The van der Waals surface area contributed by atoms with Crippen molar-refractivity contribution in [1.82, 2.24) is 15.0 Å². The van der Waals surface area contributed by atoms with Crippen LogP contribution in [0.15, 0.2) is 61.2 Å². The molecule has 1 aromatic carbocycles. The van der Waals surface area contributed by atoms with Crippen LogP contribution < -0.4 is 10.1 Å². The summed E-state index contributed by atoms with van der Waals surface area (Å²) in [5.41, 5.74) is 2.31. The molecule has 1 N–H and O–H groups in total. The molecule has 6 heteroatoms. The maximum Gasteiger partial charge on any atom is 0.262 e. The number of carbonyl (C=O) groups is 1. The highest BCUT2D eigenvalue weighted by Crippen LogP contribution is 2.16. The number of nitrogens with zero attached hydrogens (tertiary/aromatic N) is 3. The normalized spacial score (nSPS) is 10.2. The van der Waals surface area contributed by atoms with E-state index < -0.39 is 0 Å². The molecule has 0 fully saturated rings. The van der Waals surface area contributed by atoms with Gasteiger partial charge in [-0.2, -0.15) is 0 Å². The van der Waals surface area contributed by atoms with Gasteiger partial charge in [0.1, 0.15) is 5.75 Å². The summed E-state index contributed by atoms with van der Waals surface area (Å²) in [7, 11) is 0. The third-order valence-electron chi connectivity index (χ3n) is 3.31. The molecule has 0 aliphatic rings. The number of ether oxygens (including phenoxy) is 1. The van der Waals surface area contributed by atoms with Gasteiger partial charge in [-0.25, -0.2) is 9.97 Å². The van der Waals surface area contributed by atoms with E-state index in [1.54, 1.807) is 24.8 Å². The summed E-state index contributed by atoms with van der Waals surface area (Å²) < 4.78 is 5.50. The molecule has 2 heterocycles. The average Bonchev–Trinajstić information content (AvgIpc) is 2.62. The topological polar surface area (TPSA) is 77.0 Å². The summed E-state index contributed by atoms with van der Waals surface area (Å²) in [5.74, 6) is 0.976. The van der Waals surface area contributed by atoms with Crippen LogP contribution in [-0.4, -0.2) is 27.5 Å². The Morgan fingerprint density at radius 2 is 1.88 bits per heavy atom. The lowest BCUT2D eigenvalue weighted by Gasteiger charge is -2.09. The SMILES string of the molecule is Cc1ccccc1OCC(=O)Nc1cnc(-c2cccnc2)nc1. The van der Waals surface area contributed by atoms with Gasteiger partial charge < -0.3 is 10.1 Å². The second kappa shape index (κ2) is 7.32. The number of para-hydroxylation sites is 1. The molecule has 24 heavy (non-hydrogen) atoms. The van der Waals surface area contributed by atoms with Gasteiger partial charge in [-0.3, -0.25) is 9.78 Å². The number of rotatable bonds is 5. The minimum absolute atomic E-state index is 0.0742. The number of hydrogen-bond acceptors (Lipinski definition) is 5. The Kier molecular flexibility index (Phi) is 4.76. The number of hydrogen-bond donors (Lipinski definition) is 1. The smallest absolute Gasteiger partial charge is 0.262 e. The first kappa shape index (κ1) is 15.6. The first-order chi connectivity index (χ1) is 11.7. The van der Waals surface area contributed by atoms with Crippen LogP contribution in [-0.2, 0) is 4.79 Å². The Morgan fingerprint density at radius 3 is 2.58 bits per heavy atom. The monoisotopic (exact) mass is 320 g/mol. The van der Waals surface area contributed by atoms with Crippen molar-refractivity contribution in [1.29, 1.82) is 0 Å². The zero-order valence-electron chi connectivity index (χ0n) is 13.1. The minimum atomic E-state index is -0.268. The fourth-order valence-electron chi connectivity index (χ4n) is 2.10. The van der Waals surface area contributed by atoms with E-state index in [0.29, 0.717) is 17.3 Å². The number of aryl methyl sites for hydroxylation is 1. The number of aromatic nitrogens is 3. The van der Waals surface area contributed by atoms with Crippen molar-refractivity contribution in [2.45, 2.75) is 6.92 Å². The van der Waals surface area contributed by atoms with Crippen LogP contribution >= 0.6 is 0 Å². The number of anilines is 1. The molecule has 0 saturated heterocycles. The van der Waals surface area contributed by atoms with Crippen LogP contribution in [0.4, 0.5) is 5.69 Å². The fourth-order valence-corrected chi connectivity index (χ4v) is 2.10. The van der Waals surface area contributed by atoms with Crippen LogP contribution in [0.1, 0.15) is 5.56 Å². The molecular weight excluding hydrogens is 304 g/mol. The number of carbonyl (C=O) groups excluding carboxylic acids is 1. The first-order valence-corrected chi connectivity index (χ1v) is 7.43. The fraction of sp³-hybridized carbons (Fsp3) is 0.111. The highest BCUT2D eigenvalue weighted by atomic mass is 16.5. The zero-order chi connectivity index (χ0) is 16.8. The molecule has 1 amide bonds. The standard InChI is InChI=1S/C18H16N4O2/c1-13-5-2-3-7-16(13)24-12-17(23)22-15-10-20-18(21-11-15)14-6-4-8-19-9-14/h2-11H,12H2,1H3,(H,22,23). The molecule has 3 rings (SSSR count). The van der Waals surface area contributed by atoms with Crippen LogP contribution in [0.2, 0.25) is 0 Å². The molecule has 0 unspecified atom stereocenters. The van der Waals surface area contributed by atoms with E-state index in [2.05, 4.69) is 20.3 Å². The molecule has 0 saturated carbocycles. The minimum Gasteiger partial charge on any atom is -0.483 e. The highest BCUT2D eigenvalue weighted by molar-refractivity contribution is 5.91. The quantitative estimate of drug-likeness (QED) is 0.782. The molecule has 2 aromatic heterocycles. The van der Waals surface area contributed by atoms with E-state index in [-0.39, 0.29) is 12.5 Å². The second-order valence-electron chi connectivity index (χ2n) is 5.14. The summed E-state index contributed by atoms with van der Waals surface area (Å²) in [6, 6.07) is 11.2. The number of pyridine rings is 1. The molecule has 0 radical (unpaired) electrons. The third-order valence-corrected chi connectivity index (χ3v) is 3.31. The third kappa shape index (κ3) is 3.92. The largest absolute Gasteiger partial charge is 0.483 e. The van der Waals surface area contributed by atoms with Gasteiger partial charge in [-0.05, 0) is 30.7 Å². The summed E-state index contributed by atoms with van der Waals surface area (Å²) in [6.07, 6.45) is 6.48. The van der Waals surface area contributed by atoms with Gasteiger partial charge >= 0.3 is 0 Å². The van der Waals surface area contributed by atoms with E-state index in [0.717, 1.165) is 11.1 Å². The maximum absolute atomic E-state index is 12.0. The van der Waals surface area contributed by atoms with Crippen molar-refractivity contribution >= 4 is 11.6 Å². The Bertz CT molecular complexity index is 820. The lowest BCUT2D eigenvalue weighted by atomic mass is 10.2. The Labute approximate surface area is 139 Å². The molecule has 0 aliphatic heterocycles. The van der Waals surface area contributed by atoms with Crippen LogP contribution in [0.5, 0.6) is 5.75 Å². The van der Waals surface area contributed by atoms with Gasteiger partial charge in [0.2, 0.25) is 0 Å². The molecule has 0 atom stereocenters. The number of benzene rings is 1. The summed E-state index contributed by atoms with van der Waals surface area (Å²) in [5, 5.41) is 2.71. The Hall–Kier alpha value is -3.28. The predicted octanol–water partition coefficient (Wildman–Crippen LogP) is 2.86. The van der Waals surface area contributed by atoms with Gasteiger partial charge in [0.15, 0.2) is 12.4 Å². The van der Waals surface area contributed by atoms with Crippen LogP contribution in [0.3, 0.4) is 0 Å². The zero-order valence-corrected chi connectivity index (χ0v) is 13.1. The van der Waals surface area contributed by atoms with Crippen LogP contribution in [0, 0.1) is 6.92 Å². The highest BCUT2D eigenvalue weighted by Gasteiger charge is 2.07. The molecule has 0 bridgehead atoms. The number of amides is 1. The van der Waals surface area contributed by atoms with Crippen molar-refractivity contribution in [2.75, 3.05) is 11.9 Å². The summed E-state index contributed by atoms with van der Waals surface area (Å²) in [6.45, 7) is 1.85. The molecule has 6 nitrogen and oxygen atoms in total. The van der Waals surface area contributed by atoms with Gasteiger partial charge in [0, 0.05) is 18.0 Å². The van der Waals surface area contributed by atoms with Gasteiger partial charge in [-0.1, -0.05) is 18.2 Å². The van der Waals surface area contributed by atoms with Crippen molar-refractivity contribution in [3.05, 3.63) is 66.7 Å². The van der Waals surface area contributed by atoms with E-state index >= 15 is 0 Å². The average molecular weight is 320 g/mol. The van der Waals surface area contributed by atoms with E-state index in [1.807, 2.05) is 43.3 Å². The lowest BCUT2D eigenvalue weighted by molar-refractivity contribution is -0.118. The maximum atomic E-state index is 12.0. The predicted molar refractivity (Wildman–Crippen MR) is 90.6 cm³/mol. The van der Waals surface area contributed by atoms with Gasteiger partial charge in [-0.15, -0.1) is 0 Å². The second-order valence-corrected chi connectivity index (χ2v) is 5.14. The van der Waals surface area contributed by atoms with E-state index in [1.165, 1.54) is 0 Å². The van der Waals surface area contributed by atoms with Gasteiger partial charge in [0.25, 0.3) is 5.91 Å². The van der Waals surface area contributed by atoms with Crippen molar-refractivity contribution in [3.8, 4) is 17.1 Å².